The molecule has 3 aromatic carbocycles. The van der Waals surface area contributed by atoms with Crippen molar-refractivity contribution in [2.75, 3.05) is 0 Å². The van der Waals surface area contributed by atoms with Crippen LogP contribution in [-0.2, 0) is 11.2 Å². The molecule has 1 amide bonds. The topological polar surface area (TPSA) is 43.1 Å². The smallest absolute Gasteiger partial charge is 0.204 e. The highest BCUT2D eigenvalue weighted by Crippen LogP contribution is 2.38. The molecule has 38 heavy (non-hydrogen) atoms. The minimum absolute atomic E-state index is 0.250. The molecule has 1 aliphatic rings. The average molecular weight is 512 g/mol. The molecule has 2 heteroatoms. The first-order chi connectivity index (χ1) is 18.5. The summed E-state index contributed by atoms with van der Waals surface area (Å²) in [6.45, 7) is 12.0. The van der Waals surface area contributed by atoms with E-state index >= 15 is 0 Å². The number of hydrogen-bond acceptors (Lipinski definition) is 1. The van der Waals surface area contributed by atoms with E-state index in [-0.39, 0.29) is 6.41 Å². The van der Waals surface area contributed by atoms with E-state index in [0.29, 0.717) is 0 Å². The summed E-state index contributed by atoms with van der Waals surface area (Å²) < 4.78 is 0. The summed E-state index contributed by atoms with van der Waals surface area (Å²) in [5.41, 5.74) is 13.8. The number of amides is 1. The van der Waals surface area contributed by atoms with Crippen molar-refractivity contribution in [2.24, 2.45) is 11.7 Å². The first kappa shape index (κ1) is 31.1. The van der Waals surface area contributed by atoms with Gasteiger partial charge in [0.05, 0.1) is 0 Å². The second-order valence-corrected chi connectivity index (χ2v) is 10.5. The minimum Gasteiger partial charge on any atom is -0.372 e. The van der Waals surface area contributed by atoms with Crippen LogP contribution in [0.3, 0.4) is 0 Å². The summed E-state index contributed by atoms with van der Waals surface area (Å²) in [5.74, 6) is 1.75. The molecule has 204 valence electrons. The van der Waals surface area contributed by atoms with Gasteiger partial charge in [-0.1, -0.05) is 118 Å². The second-order valence-electron chi connectivity index (χ2n) is 10.5. The number of aryl methyl sites for hydroxylation is 2. The van der Waals surface area contributed by atoms with Crippen LogP contribution in [0.5, 0.6) is 0 Å². The molecule has 1 fully saturated rings. The number of primary amides is 1. The van der Waals surface area contributed by atoms with Crippen molar-refractivity contribution in [1.82, 2.24) is 0 Å². The summed E-state index contributed by atoms with van der Waals surface area (Å²) in [6, 6.07) is 25.4. The van der Waals surface area contributed by atoms with E-state index in [0.717, 1.165) is 18.3 Å². The van der Waals surface area contributed by atoms with Gasteiger partial charge in [0.25, 0.3) is 0 Å². The molecule has 0 aromatic heterocycles. The molecule has 0 spiro atoms. The summed E-state index contributed by atoms with van der Waals surface area (Å²) in [7, 11) is 0. The van der Waals surface area contributed by atoms with Crippen LogP contribution in [0, 0.1) is 12.8 Å². The van der Waals surface area contributed by atoms with Crippen molar-refractivity contribution >= 4 is 6.41 Å². The Bertz CT molecular complexity index is 1070. The molecule has 0 bridgehead atoms. The van der Waals surface area contributed by atoms with Gasteiger partial charge in [-0.2, -0.15) is 0 Å². The predicted octanol–water partition coefficient (Wildman–Crippen LogP) is 10.0. The monoisotopic (exact) mass is 511 g/mol. The lowest BCUT2D eigenvalue weighted by atomic mass is 9.77. The Labute approximate surface area is 232 Å². The Morgan fingerprint density at radius 2 is 1.39 bits per heavy atom. The van der Waals surface area contributed by atoms with Crippen LogP contribution in [0.25, 0.3) is 22.3 Å². The number of carbonyl (C=O) groups is 1. The number of benzene rings is 3. The highest BCUT2D eigenvalue weighted by molar-refractivity contribution is 5.74. The third-order valence-corrected chi connectivity index (χ3v) is 7.63. The Hall–Kier alpha value is -3.13. The predicted molar refractivity (Wildman–Crippen MR) is 166 cm³/mol. The fourth-order valence-corrected chi connectivity index (χ4v) is 5.50. The van der Waals surface area contributed by atoms with E-state index in [9.17, 15) is 0 Å². The zero-order valence-corrected chi connectivity index (χ0v) is 24.2. The van der Waals surface area contributed by atoms with Crippen molar-refractivity contribution in [3.8, 4) is 22.3 Å². The molecule has 0 saturated heterocycles. The SMILES string of the molecule is C=CC.CCCCCC1CCC(c2ccc(-c3ccc(-c4ccc(C)cc4)cc3CC)cc2)CC1.NC=O. The number of nitrogens with two attached hydrogens (primary N) is 1. The van der Waals surface area contributed by atoms with Crippen molar-refractivity contribution < 1.29 is 4.79 Å². The molecule has 1 saturated carbocycles. The Morgan fingerprint density at radius 1 is 0.842 bits per heavy atom. The molecule has 0 aliphatic heterocycles. The Kier molecular flexibility index (Phi) is 14.2. The van der Waals surface area contributed by atoms with Gasteiger partial charge in [-0.15, -0.1) is 6.58 Å². The number of carbonyl (C=O) groups excluding carboxylic acids is 1. The molecule has 0 unspecified atom stereocenters. The minimum atomic E-state index is 0.250. The maximum atomic E-state index is 8.58. The van der Waals surface area contributed by atoms with Gasteiger partial charge in [-0.05, 0) is 91.2 Å². The quantitative estimate of drug-likeness (QED) is 0.182. The van der Waals surface area contributed by atoms with Crippen LogP contribution in [0.15, 0.2) is 79.4 Å². The molecule has 0 heterocycles. The highest BCUT2D eigenvalue weighted by atomic mass is 16.1. The first-order valence-electron chi connectivity index (χ1n) is 14.5. The Balaban J connectivity index is 0.000000773. The van der Waals surface area contributed by atoms with E-state index in [2.05, 4.69) is 99.8 Å². The number of unbranched alkanes of at least 4 members (excludes halogenated alkanes) is 2. The average Bonchev–Trinajstić information content (AvgIpc) is 2.95. The molecule has 4 rings (SSSR count). The third kappa shape index (κ3) is 9.63. The van der Waals surface area contributed by atoms with Gasteiger partial charge < -0.3 is 5.73 Å². The van der Waals surface area contributed by atoms with Crippen LogP contribution in [0.4, 0.5) is 0 Å². The van der Waals surface area contributed by atoms with E-state index in [4.69, 9.17) is 4.79 Å². The zero-order valence-electron chi connectivity index (χ0n) is 24.2. The van der Waals surface area contributed by atoms with E-state index < -0.39 is 0 Å². The summed E-state index contributed by atoms with van der Waals surface area (Å²) >= 11 is 0. The molecule has 0 atom stereocenters. The first-order valence-corrected chi connectivity index (χ1v) is 14.5. The number of hydrogen-bond donors (Lipinski definition) is 1. The maximum absolute atomic E-state index is 8.58. The summed E-state index contributed by atoms with van der Waals surface area (Å²) in [6.07, 6.45) is 14.3. The normalized spacial score (nSPS) is 16.3. The van der Waals surface area contributed by atoms with Crippen molar-refractivity contribution in [1.29, 1.82) is 0 Å². The van der Waals surface area contributed by atoms with Gasteiger partial charge in [-0.25, -0.2) is 0 Å². The molecule has 1 aliphatic carbocycles. The van der Waals surface area contributed by atoms with E-state index in [1.54, 1.807) is 11.6 Å². The highest BCUT2D eigenvalue weighted by Gasteiger charge is 2.22. The maximum Gasteiger partial charge on any atom is 0.204 e. The lowest BCUT2D eigenvalue weighted by molar-refractivity contribution is -0.106. The standard InChI is InChI=1S/C32H40.C3H6.CH3NO/c1-4-6-7-8-25-11-15-27(16-12-25)28-17-19-30(20-18-28)32-22-21-31(23-26(32)5-2)29-13-9-24(3)10-14-29;1-3-2;2-1-3/h9-10,13-14,17-23,25,27H,4-8,11-12,15-16H2,1-3H3;3H,1H2,2H3;1H,(H2,2,3). The molecular formula is C36H49NO. The van der Waals surface area contributed by atoms with Gasteiger partial charge in [-0.3, -0.25) is 4.79 Å². The third-order valence-electron chi connectivity index (χ3n) is 7.63. The molecule has 0 radical (unpaired) electrons. The zero-order chi connectivity index (χ0) is 27.8. The van der Waals surface area contributed by atoms with E-state index in [1.165, 1.54) is 84.7 Å². The number of rotatable bonds is 8. The van der Waals surface area contributed by atoms with Crippen LogP contribution >= 0.6 is 0 Å². The van der Waals surface area contributed by atoms with Crippen LogP contribution in [0.2, 0.25) is 0 Å². The van der Waals surface area contributed by atoms with Crippen molar-refractivity contribution in [3.05, 3.63) is 96.1 Å². The van der Waals surface area contributed by atoms with Crippen LogP contribution in [-0.4, -0.2) is 6.41 Å². The van der Waals surface area contributed by atoms with Crippen molar-refractivity contribution in [3.63, 3.8) is 0 Å². The van der Waals surface area contributed by atoms with Gasteiger partial charge in [0.15, 0.2) is 0 Å². The van der Waals surface area contributed by atoms with Crippen LogP contribution < -0.4 is 5.73 Å². The molecular weight excluding hydrogens is 462 g/mol. The molecule has 2 nitrogen and oxygen atoms in total. The number of allylic oxidation sites excluding steroid dienone is 1. The largest absolute Gasteiger partial charge is 0.372 e. The Morgan fingerprint density at radius 3 is 1.95 bits per heavy atom. The van der Waals surface area contributed by atoms with Gasteiger partial charge in [0.1, 0.15) is 0 Å². The van der Waals surface area contributed by atoms with E-state index in [1.807, 2.05) is 6.92 Å². The summed E-state index contributed by atoms with van der Waals surface area (Å²) in [4.78, 5) is 8.58. The van der Waals surface area contributed by atoms with Gasteiger partial charge in [0.2, 0.25) is 6.41 Å². The van der Waals surface area contributed by atoms with Crippen molar-refractivity contribution in [2.45, 2.75) is 91.4 Å². The lowest BCUT2D eigenvalue weighted by Gasteiger charge is -2.29. The van der Waals surface area contributed by atoms with Gasteiger partial charge in [0, 0.05) is 0 Å². The fraction of sp³-hybridized carbons (Fsp3) is 0.417. The lowest BCUT2D eigenvalue weighted by Crippen LogP contribution is -2.13. The fourth-order valence-electron chi connectivity index (χ4n) is 5.50. The van der Waals surface area contributed by atoms with Gasteiger partial charge >= 0.3 is 0 Å². The van der Waals surface area contributed by atoms with Crippen LogP contribution in [0.1, 0.15) is 94.7 Å². The molecule has 2 N–H and O–H groups in total. The summed E-state index contributed by atoms with van der Waals surface area (Å²) in [5, 5.41) is 0. The molecule has 3 aromatic rings. The second kappa shape index (κ2) is 17.4.